The number of carbonyl (C=O) groups excluding carboxylic acids is 1. The van der Waals surface area contributed by atoms with E-state index >= 15 is 0 Å². The summed E-state index contributed by atoms with van der Waals surface area (Å²) in [6, 6.07) is 7.93. The summed E-state index contributed by atoms with van der Waals surface area (Å²) in [6.07, 6.45) is 22.6. The predicted octanol–water partition coefficient (Wildman–Crippen LogP) is 9.17. The summed E-state index contributed by atoms with van der Waals surface area (Å²) in [5.74, 6) is 2.03. The number of Topliss-reactive ketones (excluding diaryl/α,β-unsaturated/α-hetero) is 1. The number of aryl methyl sites for hydroxylation is 1. The van der Waals surface area contributed by atoms with E-state index in [9.17, 15) is 4.79 Å². The van der Waals surface area contributed by atoms with Crippen LogP contribution in [0.1, 0.15) is 126 Å². The summed E-state index contributed by atoms with van der Waals surface area (Å²) in [7, 11) is 0. The molecule has 0 unspecified atom stereocenters. The van der Waals surface area contributed by atoms with Crippen molar-refractivity contribution in [3.63, 3.8) is 0 Å². The Balaban J connectivity index is 1.78. The normalized spacial score (nSPS) is 11.1. The van der Waals surface area contributed by atoms with Gasteiger partial charge in [-0.1, -0.05) is 128 Å². The minimum absolute atomic E-state index is 0.282. The second kappa shape index (κ2) is 19.2. The van der Waals surface area contributed by atoms with E-state index in [-0.39, 0.29) is 5.78 Å². The average Bonchev–Trinajstić information content (AvgIpc) is 2.73. The lowest BCUT2D eigenvalue weighted by molar-refractivity contribution is 0.102. The fourth-order valence-electron chi connectivity index (χ4n) is 3.88. The molecule has 0 N–H and O–H groups in total. The van der Waals surface area contributed by atoms with Gasteiger partial charge in [0.25, 0.3) is 0 Å². The number of rotatable bonds is 20. The highest BCUT2D eigenvalue weighted by Crippen LogP contribution is 2.16. The minimum Gasteiger partial charge on any atom is -0.293 e. The van der Waals surface area contributed by atoms with Gasteiger partial charge in [-0.2, -0.15) is 11.8 Å². The number of hydrogen-bond acceptors (Lipinski definition) is 2. The molecule has 0 aliphatic heterocycles. The zero-order valence-electron chi connectivity index (χ0n) is 19.4. The molecule has 0 aliphatic carbocycles. The van der Waals surface area contributed by atoms with Gasteiger partial charge in [0, 0.05) is 5.56 Å². The van der Waals surface area contributed by atoms with Crippen molar-refractivity contribution < 1.29 is 4.79 Å². The molecule has 0 atom stereocenters. The number of carbonyl (C=O) groups is 1. The summed E-state index contributed by atoms with van der Waals surface area (Å²) >= 11 is 1.80. The largest absolute Gasteiger partial charge is 0.293 e. The first-order valence-corrected chi connectivity index (χ1v) is 13.6. The van der Waals surface area contributed by atoms with Crippen molar-refractivity contribution in [3.8, 4) is 0 Å². The molecule has 1 nitrogen and oxygen atoms in total. The Bertz CT molecular complexity index is 511. The maximum Gasteiger partial charge on any atom is 0.172 e. The smallest absolute Gasteiger partial charge is 0.172 e. The molecule has 0 fully saturated rings. The van der Waals surface area contributed by atoms with Gasteiger partial charge in [-0.15, -0.1) is 0 Å². The van der Waals surface area contributed by atoms with E-state index in [2.05, 4.69) is 6.92 Å². The number of hydrogen-bond donors (Lipinski definition) is 0. The van der Waals surface area contributed by atoms with Crippen LogP contribution < -0.4 is 0 Å². The molecular weight excluding hydrogens is 372 g/mol. The highest BCUT2D eigenvalue weighted by molar-refractivity contribution is 7.99. The summed E-state index contributed by atoms with van der Waals surface area (Å²) in [5.41, 5.74) is 1.99. The molecule has 166 valence electrons. The van der Waals surface area contributed by atoms with Gasteiger partial charge in [-0.25, -0.2) is 0 Å². The summed E-state index contributed by atoms with van der Waals surface area (Å²) in [4.78, 5) is 12.2. The summed E-state index contributed by atoms with van der Waals surface area (Å²) in [6.45, 7) is 4.31. The Kier molecular flexibility index (Phi) is 17.4. The Labute approximate surface area is 185 Å². The Hall–Kier alpha value is -0.760. The van der Waals surface area contributed by atoms with Crippen molar-refractivity contribution in [2.45, 2.75) is 117 Å². The quantitative estimate of drug-likeness (QED) is 0.155. The summed E-state index contributed by atoms with van der Waals surface area (Å²) < 4.78 is 0. The van der Waals surface area contributed by atoms with E-state index in [0.29, 0.717) is 5.75 Å². The van der Waals surface area contributed by atoms with Gasteiger partial charge in [0.05, 0.1) is 5.75 Å². The van der Waals surface area contributed by atoms with Gasteiger partial charge in [0.15, 0.2) is 5.78 Å². The zero-order chi connectivity index (χ0) is 21.0. The van der Waals surface area contributed by atoms with E-state index in [1.54, 1.807) is 11.8 Å². The van der Waals surface area contributed by atoms with E-state index in [4.69, 9.17) is 0 Å². The fraction of sp³-hybridized carbons (Fsp3) is 0.741. The van der Waals surface area contributed by atoms with E-state index in [0.717, 1.165) is 16.9 Å². The SMILES string of the molecule is CCCCCCCCCCCCCCCCCCSCC(=O)c1ccccc1C. The van der Waals surface area contributed by atoms with Gasteiger partial charge in [-0.05, 0) is 24.7 Å². The molecular formula is C27H46OS. The molecule has 0 saturated heterocycles. The zero-order valence-corrected chi connectivity index (χ0v) is 20.2. The first kappa shape index (κ1) is 26.3. The van der Waals surface area contributed by atoms with Gasteiger partial charge in [0.1, 0.15) is 0 Å². The van der Waals surface area contributed by atoms with Crippen molar-refractivity contribution in [2.75, 3.05) is 11.5 Å². The van der Waals surface area contributed by atoms with Crippen molar-refractivity contribution >= 4 is 17.5 Å². The van der Waals surface area contributed by atoms with Gasteiger partial charge in [0.2, 0.25) is 0 Å². The molecule has 0 bridgehead atoms. The lowest BCUT2D eigenvalue weighted by atomic mass is 10.0. The Morgan fingerprint density at radius 1 is 0.690 bits per heavy atom. The Morgan fingerprint density at radius 2 is 1.14 bits per heavy atom. The van der Waals surface area contributed by atoms with Crippen LogP contribution in [0.3, 0.4) is 0 Å². The van der Waals surface area contributed by atoms with Crippen molar-refractivity contribution in [1.29, 1.82) is 0 Å². The van der Waals surface area contributed by atoms with Crippen LogP contribution in [0.4, 0.5) is 0 Å². The lowest BCUT2D eigenvalue weighted by Gasteiger charge is -2.05. The highest BCUT2D eigenvalue weighted by atomic mass is 32.2. The van der Waals surface area contributed by atoms with Crippen LogP contribution in [0, 0.1) is 6.92 Å². The monoisotopic (exact) mass is 418 g/mol. The molecule has 0 radical (unpaired) electrons. The summed E-state index contributed by atoms with van der Waals surface area (Å²) in [5, 5.41) is 0. The van der Waals surface area contributed by atoms with Crippen LogP contribution >= 0.6 is 11.8 Å². The third-order valence-corrected chi connectivity index (χ3v) is 6.86. The van der Waals surface area contributed by atoms with Crippen LogP contribution in [0.25, 0.3) is 0 Å². The maximum atomic E-state index is 12.2. The van der Waals surface area contributed by atoms with Gasteiger partial charge < -0.3 is 0 Å². The van der Waals surface area contributed by atoms with Crippen LogP contribution in [-0.4, -0.2) is 17.3 Å². The maximum absolute atomic E-state index is 12.2. The topological polar surface area (TPSA) is 17.1 Å². The van der Waals surface area contributed by atoms with E-state index in [1.165, 1.54) is 103 Å². The Morgan fingerprint density at radius 3 is 1.62 bits per heavy atom. The average molecular weight is 419 g/mol. The van der Waals surface area contributed by atoms with Crippen LogP contribution in [-0.2, 0) is 0 Å². The van der Waals surface area contributed by atoms with Crippen LogP contribution in [0.5, 0.6) is 0 Å². The number of ketones is 1. The number of thioether (sulfide) groups is 1. The lowest BCUT2D eigenvalue weighted by Crippen LogP contribution is -2.05. The molecule has 1 aromatic carbocycles. The van der Waals surface area contributed by atoms with Crippen LogP contribution in [0.2, 0.25) is 0 Å². The van der Waals surface area contributed by atoms with Crippen molar-refractivity contribution in [1.82, 2.24) is 0 Å². The fourth-order valence-corrected chi connectivity index (χ4v) is 4.77. The third-order valence-electron chi connectivity index (χ3n) is 5.82. The minimum atomic E-state index is 0.282. The first-order valence-electron chi connectivity index (χ1n) is 12.4. The molecule has 0 heterocycles. The second-order valence-corrected chi connectivity index (χ2v) is 9.70. The van der Waals surface area contributed by atoms with Crippen molar-refractivity contribution in [3.05, 3.63) is 35.4 Å². The standard InChI is InChI=1S/C27H46OS/c1-3-4-5-6-7-8-9-10-11-12-13-14-15-16-17-20-23-29-24-27(28)26-22-19-18-21-25(26)2/h18-19,21-22H,3-17,20,23-24H2,1-2H3. The molecule has 2 heteroatoms. The van der Waals surface area contributed by atoms with E-state index in [1.807, 2.05) is 31.2 Å². The first-order chi connectivity index (χ1) is 14.3. The molecule has 0 aromatic heterocycles. The molecule has 0 amide bonds. The molecule has 0 aliphatic rings. The van der Waals surface area contributed by atoms with Gasteiger partial charge >= 0.3 is 0 Å². The van der Waals surface area contributed by atoms with Crippen molar-refractivity contribution in [2.24, 2.45) is 0 Å². The highest BCUT2D eigenvalue weighted by Gasteiger charge is 2.07. The molecule has 0 saturated carbocycles. The molecule has 1 aromatic rings. The van der Waals surface area contributed by atoms with E-state index < -0.39 is 0 Å². The van der Waals surface area contributed by atoms with Gasteiger partial charge in [-0.3, -0.25) is 4.79 Å². The number of benzene rings is 1. The molecule has 29 heavy (non-hydrogen) atoms. The number of unbranched alkanes of at least 4 members (excludes halogenated alkanes) is 15. The second-order valence-electron chi connectivity index (χ2n) is 8.59. The predicted molar refractivity (Wildman–Crippen MR) is 132 cm³/mol. The molecule has 0 spiro atoms. The molecule has 1 rings (SSSR count). The third kappa shape index (κ3) is 14.8. The van der Waals surface area contributed by atoms with Crippen LogP contribution in [0.15, 0.2) is 24.3 Å².